The van der Waals surface area contributed by atoms with Crippen molar-refractivity contribution in [3.05, 3.63) is 29.8 Å². The standard InChI is InChI=1S/C16H22N2O2/c1-12(19)14-6-8-17(10-14)11-16(20)18-9-7-13-4-2-3-5-15(13)18/h2-5,12,14,19H,6-11H2,1H3. The first-order chi connectivity index (χ1) is 9.65. The number of aliphatic hydroxyl groups is 1. The zero-order valence-electron chi connectivity index (χ0n) is 12.0. The first-order valence-electron chi connectivity index (χ1n) is 7.44. The third-order valence-electron chi connectivity index (χ3n) is 4.54. The van der Waals surface area contributed by atoms with Crippen molar-refractivity contribution in [1.29, 1.82) is 0 Å². The highest BCUT2D eigenvalue weighted by Crippen LogP contribution is 2.28. The molecule has 0 bridgehead atoms. The summed E-state index contributed by atoms with van der Waals surface area (Å²) in [6.07, 6.45) is 1.67. The fourth-order valence-electron chi connectivity index (χ4n) is 3.27. The van der Waals surface area contributed by atoms with E-state index in [1.807, 2.05) is 30.0 Å². The van der Waals surface area contributed by atoms with Gasteiger partial charge in [0.25, 0.3) is 0 Å². The highest BCUT2D eigenvalue weighted by molar-refractivity contribution is 5.96. The van der Waals surface area contributed by atoms with Crippen LogP contribution in [0, 0.1) is 5.92 Å². The number of hydrogen-bond acceptors (Lipinski definition) is 3. The summed E-state index contributed by atoms with van der Waals surface area (Å²) >= 11 is 0. The first kappa shape index (κ1) is 13.6. The van der Waals surface area contributed by atoms with Crippen molar-refractivity contribution in [2.75, 3.05) is 31.1 Å². The number of nitrogens with zero attached hydrogens (tertiary/aromatic N) is 2. The quantitative estimate of drug-likeness (QED) is 0.903. The van der Waals surface area contributed by atoms with Gasteiger partial charge in [-0.2, -0.15) is 0 Å². The van der Waals surface area contributed by atoms with Crippen LogP contribution in [-0.2, 0) is 11.2 Å². The second kappa shape index (κ2) is 5.54. The van der Waals surface area contributed by atoms with E-state index in [4.69, 9.17) is 0 Å². The van der Waals surface area contributed by atoms with Crippen LogP contribution in [0.5, 0.6) is 0 Å². The number of carbonyl (C=O) groups excluding carboxylic acids is 1. The third-order valence-corrected chi connectivity index (χ3v) is 4.54. The van der Waals surface area contributed by atoms with E-state index in [0.717, 1.165) is 38.2 Å². The molecule has 0 spiro atoms. The minimum Gasteiger partial charge on any atom is -0.393 e. The molecule has 2 atom stereocenters. The molecule has 4 heteroatoms. The molecule has 1 N–H and O–H groups in total. The molecule has 20 heavy (non-hydrogen) atoms. The number of hydrogen-bond donors (Lipinski definition) is 1. The Bertz CT molecular complexity index is 501. The Kier molecular flexibility index (Phi) is 3.76. The van der Waals surface area contributed by atoms with Gasteiger partial charge in [0.1, 0.15) is 0 Å². The van der Waals surface area contributed by atoms with Gasteiger partial charge in [-0.3, -0.25) is 9.69 Å². The van der Waals surface area contributed by atoms with Crippen molar-refractivity contribution in [1.82, 2.24) is 4.90 Å². The summed E-state index contributed by atoms with van der Waals surface area (Å²) < 4.78 is 0. The Labute approximate surface area is 120 Å². The van der Waals surface area contributed by atoms with Gasteiger partial charge in [-0.05, 0) is 43.9 Å². The maximum Gasteiger partial charge on any atom is 0.241 e. The Hall–Kier alpha value is -1.39. The van der Waals surface area contributed by atoms with Crippen molar-refractivity contribution in [2.24, 2.45) is 5.92 Å². The maximum absolute atomic E-state index is 12.5. The van der Waals surface area contributed by atoms with E-state index in [1.54, 1.807) is 0 Å². The largest absolute Gasteiger partial charge is 0.393 e. The monoisotopic (exact) mass is 274 g/mol. The number of benzene rings is 1. The Morgan fingerprint density at radius 3 is 2.95 bits per heavy atom. The lowest BCUT2D eigenvalue weighted by molar-refractivity contribution is -0.119. The molecule has 0 aliphatic carbocycles. The Balaban J connectivity index is 1.61. The van der Waals surface area contributed by atoms with Gasteiger partial charge in [0.05, 0.1) is 12.6 Å². The lowest BCUT2D eigenvalue weighted by atomic mass is 10.0. The predicted molar refractivity (Wildman–Crippen MR) is 78.7 cm³/mol. The van der Waals surface area contributed by atoms with E-state index in [1.165, 1.54) is 5.56 Å². The van der Waals surface area contributed by atoms with Crippen LogP contribution in [0.4, 0.5) is 5.69 Å². The van der Waals surface area contributed by atoms with Crippen molar-refractivity contribution < 1.29 is 9.90 Å². The molecule has 2 heterocycles. The zero-order valence-corrected chi connectivity index (χ0v) is 12.0. The summed E-state index contributed by atoms with van der Waals surface area (Å²) in [5.74, 6) is 0.495. The van der Waals surface area contributed by atoms with Gasteiger partial charge in [0, 0.05) is 18.8 Å². The van der Waals surface area contributed by atoms with E-state index in [0.29, 0.717) is 12.5 Å². The number of para-hydroxylation sites is 1. The third kappa shape index (κ3) is 2.58. The fourth-order valence-corrected chi connectivity index (χ4v) is 3.27. The summed E-state index contributed by atoms with van der Waals surface area (Å²) in [4.78, 5) is 16.5. The normalized spacial score (nSPS) is 23.9. The minimum atomic E-state index is -0.275. The van der Waals surface area contributed by atoms with Gasteiger partial charge in [0.2, 0.25) is 5.91 Å². The molecule has 4 nitrogen and oxygen atoms in total. The number of anilines is 1. The van der Waals surface area contributed by atoms with E-state index >= 15 is 0 Å². The van der Waals surface area contributed by atoms with E-state index in [9.17, 15) is 9.90 Å². The van der Waals surface area contributed by atoms with Gasteiger partial charge in [-0.25, -0.2) is 0 Å². The van der Waals surface area contributed by atoms with Gasteiger partial charge in [0.15, 0.2) is 0 Å². The Morgan fingerprint density at radius 2 is 2.20 bits per heavy atom. The van der Waals surface area contributed by atoms with Crippen LogP contribution >= 0.6 is 0 Å². The highest BCUT2D eigenvalue weighted by atomic mass is 16.3. The zero-order chi connectivity index (χ0) is 14.1. The predicted octanol–water partition coefficient (Wildman–Crippen LogP) is 1.28. The molecular formula is C16H22N2O2. The number of carbonyl (C=O) groups is 1. The summed E-state index contributed by atoms with van der Waals surface area (Å²) in [6, 6.07) is 8.15. The average molecular weight is 274 g/mol. The van der Waals surface area contributed by atoms with Crippen molar-refractivity contribution >= 4 is 11.6 Å². The second-order valence-corrected chi connectivity index (χ2v) is 5.95. The molecule has 3 rings (SSSR count). The van der Waals surface area contributed by atoms with Gasteiger partial charge in [-0.1, -0.05) is 18.2 Å². The molecule has 2 aliphatic rings. The molecule has 2 unspecified atom stereocenters. The summed E-state index contributed by atoms with van der Waals surface area (Å²) in [7, 11) is 0. The van der Waals surface area contributed by atoms with E-state index in [2.05, 4.69) is 11.0 Å². The number of likely N-dealkylation sites (tertiary alicyclic amines) is 1. The second-order valence-electron chi connectivity index (χ2n) is 5.95. The fraction of sp³-hybridized carbons (Fsp3) is 0.562. The lowest BCUT2D eigenvalue weighted by Gasteiger charge is -2.22. The molecule has 0 radical (unpaired) electrons. The number of fused-ring (bicyclic) bond motifs is 1. The van der Waals surface area contributed by atoms with Crippen LogP contribution in [0.3, 0.4) is 0 Å². The van der Waals surface area contributed by atoms with Crippen molar-refractivity contribution in [3.63, 3.8) is 0 Å². The van der Waals surface area contributed by atoms with Crippen molar-refractivity contribution in [3.8, 4) is 0 Å². The number of amides is 1. The minimum absolute atomic E-state index is 0.182. The number of rotatable bonds is 3. The highest BCUT2D eigenvalue weighted by Gasteiger charge is 2.30. The van der Waals surface area contributed by atoms with E-state index in [-0.39, 0.29) is 12.0 Å². The molecule has 1 amide bonds. The van der Waals surface area contributed by atoms with Gasteiger partial charge in [-0.15, -0.1) is 0 Å². The maximum atomic E-state index is 12.5. The molecule has 0 saturated carbocycles. The van der Waals surface area contributed by atoms with Crippen LogP contribution in [0.2, 0.25) is 0 Å². The van der Waals surface area contributed by atoms with Crippen LogP contribution in [0.15, 0.2) is 24.3 Å². The molecule has 1 aromatic rings. The van der Waals surface area contributed by atoms with Gasteiger partial charge < -0.3 is 10.0 Å². The van der Waals surface area contributed by atoms with Crippen LogP contribution in [0.1, 0.15) is 18.9 Å². The number of aliphatic hydroxyl groups excluding tert-OH is 1. The average Bonchev–Trinajstić information content (AvgIpc) is 3.04. The van der Waals surface area contributed by atoms with Crippen molar-refractivity contribution in [2.45, 2.75) is 25.9 Å². The first-order valence-corrected chi connectivity index (χ1v) is 7.44. The van der Waals surface area contributed by atoms with E-state index < -0.39 is 0 Å². The molecule has 2 aliphatic heterocycles. The molecular weight excluding hydrogens is 252 g/mol. The topological polar surface area (TPSA) is 43.8 Å². The lowest BCUT2D eigenvalue weighted by Crippen LogP contribution is -2.39. The molecule has 108 valence electrons. The van der Waals surface area contributed by atoms with Crippen LogP contribution < -0.4 is 4.90 Å². The van der Waals surface area contributed by atoms with Crippen LogP contribution in [-0.4, -0.2) is 48.2 Å². The van der Waals surface area contributed by atoms with Gasteiger partial charge >= 0.3 is 0 Å². The SMILES string of the molecule is CC(O)C1CCN(CC(=O)N2CCc3ccccc32)C1. The molecule has 1 fully saturated rings. The Morgan fingerprint density at radius 1 is 1.40 bits per heavy atom. The summed E-state index contributed by atoms with van der Waals surface area (Å²) in [5, 5.41) is 9.62. The smallest absolute Gasteiger partial charge is 0.241 e. The molecule has 1 saturated heterocycles. The molecule has 0 aromatic heterocycles. The van der Waals surface area contributed by atoms with Crippen LogP contribution in [0.25, 0.3) is 0 Å². The summed E-state index contributed by atoms with van der Waals surface area (Å²) in [5.41, 5.74) is 2.34. The molecule has 1 aromatic carbocycles. The summed E-state index contributed by atoms with van der Waals surface area (Å²) in [6.45, 7) is 4.85.